The van der Waals surface area contributed by atoms with Crippen LogP contribution in [0.3, 0.4) is 0 Å². The van der Waals surface area contributed by atoms with Crippen LogP contribution in [0, 0.1) is 17.8 Å². The molecule has 1 amide bonds. The van der Waals surface area contributed by atoms with Crippen molar-refractivity contribution in [2.75, 3.05) is 26.0 Å². The Morgan fingerprint density at radius 1 is 1.17 bits per heavy atom. The van der Waals surface area contributed by atoms with Crippen LogP contribution in [0.15, 0.2) is 29.4 Å². The van der Waals surface area contributed by atoms with Gasteiger partial charge in [-0.3, -0.25) is 4.79 Å². The highest BCUT2D eigenvalue weighted by atomic mass is 32.2. The van der Waals surface area contributed by atoms with E-state index in [1.807, 2.05) is 29.2 Å². The van der Waals surface area contributed by atoms with Crippen molar-refractivity contribution in [3.05, 3.63) is 24.3 Å². The van der Waals surface area contributed by atoms with Crippen LogP contribution in [0.1, 0.15) is 34.1 Å². The van der Waals surface area contributed by atoms with Gasteiger partial charge in [0.2, 0.25) is 5.91 Å². The maximum absolute atomic E-state index is 12.8. The fourth-order valence-corrected chi connectivity index (χ4v) is 4.81. The summed E-state index contributed by atoms with van der Waals surface area (Å²) in [5.74, 6) is 3.82. The largest absolute Gasteiger partial charge is 0.497 e. The molecule has 2 heterocycles. The molecule has 3 rings (SSSR count). The van der Waals surface area contributed by atoms with Gasteiger partial charge in [0.15, 0.2) is 11.0 Å². The van der Waals surface area contributed by atoms with Crippen LogP contribution in [0.25, 0.3) is 11.4 Å². The van der Waals surface area contributed by atoms with Gasteiger partial charge in [-0.25, -0.2) is 0 Å². The van der Waals surface area contributed by atoms with Crippen LogP contribution in [-0.2, 0) is 11.3 Å². The minimum Gasteiger partial charge on any atom is -0.497 e. The standard InChI is InChI=1S/C22H32N4O2S/c1-15(2)11-26-21(18-6-8-19(28-5)9-7-18)23-24-22(26)29-14-20(27)25-12-16(3)10-17(4)13-25/h6-9,15-17H,10-14H2,1-5H3/t16-,17+. The first-order valence-corrected chi connectivity index (χ1v) is 11.3. The molecule has 6 nitrogen and oxygen atoms in total. The molecule has 1 aromatic heterocycles. The van der Waals surface area contributed by atoms with Crippen molar-refractivity contribution in [3.8, 4) is 17.1 Å². The van der Waals surface area contributed by atoms with Gasteiger partial charge in [-0.2, -0.15) is 0 Å². The van der Waals surface area contributed by atoms with E-state index < -0.39 is 0 Å². The topological polar surface area (TPSA) is 60.3 Å². The summed E-state index contributed by atoms with van der Waals surface area (Å²) in [6, 6.07) is 7.85. The second-order valence-electron chi connectivity index (χ2n) is 8.57. The smallest absolute Gasteiger partial charge is 0.233 e. The number of likely N-dealkylation sites (tertiary alicyclic amines) is 1. The van der Waals surface area contributed by atoms with Crippen LogP contribution in [0.2, 0.25) is 0 Å². The third-order valence-corrected chi connectivity index (χ3v) is 6.11. The van der Waals surface area contributed by atoms with Gasteiger partial charge >= 0.3 is 0 Å². The van der Waals surface area contributed by atoms with Gasteiger partial charge in [0.25, 0.3) is 0 Å². The Morgan fingerprint density at radius 3 is 2.41 bits per heavy atom. The van der Waals surface area contributed by atoms with E-state index >= 15 is 0 Å². The van der Waals surface area contributed by atoms with Crippen molar-refractivity contribution in [1.29, 1.82) is 0 Å². The maximum atomic E-state index is 12.8. The predicted molar refractivity (Wildman–Crippen MR) is 117 cm³/mol. The molecule has 1 aromatic carbocycles. The number of piperidine rings is 1. The highest BCUT2D eigenvalue weighted by molar-refractivity contribution is 7.99. The molecule has 1 fully saturated rings. The zero-order valence-electron chi connectivity index (χ0n) is 18.1. The minimum atomic E-state index is 0.193. The molecule has 7 heteroatoms. The number of nitrogens with zero attached hydrogens (tertiary/aromatic N) is 4. The third-order valence-electron chi connectivity index (χ3n) is 5.16. The van der Waals surface area contributed by atoms with E-state index in [1.54, 1.807) is 7.11 Å². The van der Waals surface area contributed by atoms with Crippen molar-refractivity contribution in [2.24, 2.45) is 17.8 Å². The second kappa shape index (κ2) is 9.65. The predicted octanol–water partition coefficient (Wildman–Crippen LogP) is 4.21. The lowest BCUT2D eigenvalue weighted by atomic mass is 9.92. The molecular formula is C22H32N4O2S. The van der Waals surface area contributed by atoms with Crippen molar-refractivity contribution in [3.63, 3.8) is 0 Å². The number of thioether (sulfide) groups is 1. The first kappa shape index (κ1) is 21.7. The van der Waals surface area contributed by atoms with E-state index in [2.05, 4.69) is 42.5 Å². The van der Waals surface area contributed by atoms with Crippen LogP contribution in [-0.4, -0.2) is 51.5 Å². The number of ether oxygens (including phenoxy) is 1. The molecule has 2 atom stereocenters. The zero-order valence-corrected chi connectivity index (χ0v) is 18.9. The second-order valence-corrected chi connectivity index (χ2v) is 9.52. The molecule has 29 heavy (non-hydrogen) atoms. The third kappa shape index (κ3) is 5.53. The summed E-state index contributed by atoms with van der Waals surface area (Å²) in [6.45, 7) is 11.3. The maximum Gasteiger partial charge on any atom is 0.233 e. The quantitative estimate of drug-likeness (QED) is 0.633. The number of aromatic nitrogens is 3. The average molecular weight is 417 g/mol. The number of rotatable bonds is 7. The lowest BCUT2D eigenvalue weighted by molar-refractivity contribution is -0.130. The fourth-order valence-electron chi connectivity index (χ4n) is 3.96. The SMILES string of the molecule is COc1ccc(-c2nnc(SCC(=O)N3C[C@H](C)C[C@H](C)C3)n2CC(C)C)cc1. The van der Waals surface area contributed by atoms with E-state index in [9.17, 15) is 4.79 Å². The Bertz CT molecular complexity index is 809. The molecular weight excluding hydrogens is 384 g/mol. The Labute approximate surface area is 178 Å². The number of hydrogen-bond donors (Lipinski definition) is 0. The van der Waals surface area contributed by atoms with E-state index in [1.165, 1.54) is 18.2 Å². The summed E-state index contributed by atoms with van der Waals surface area (Å²) in [5.41, 5.74) is 0.996. The van der Waals surface area contributed by atoms with Gasteiger partial charge in [-0.1, -0.05) is 39.5 Å². The van der Waals surface area contributed by atoms with Gasteiger partial charge in [-0.15, -0.1) is 10.2 Å². The molecule has 0 N–H and O–H groups in total. The van der Waals surface area contributed by atoms with E-state index in [-0.39, 0.29) is 5.91 Å². The van der Waals surface area contributed by atoms with Gasteiger partial charge in [0, 0.05) is 25.2 Å². The lowest BCUT2D eigenvalue weighted by Crippen LogP contribution is -2.43. The molecule has 158 valence electrons. The van der Waals surface area contributed by atoms with E-state index in [0.29, 0.717) is 23.5 Å². The molecule has 1 aliphatic heterocycles. The van der Waals surface area contributed by atoms with Gasteiger partial charge < -0.3 is 14.2 Å². The van der Waals surface area contributed by atoms with Crippen molar-refractivity contribution < 1.29 is 9.53 Å². The van der Waals surface area contributed by atoms with Crippen LogP contribution in [0.5, 0.6) is 5.75 Å². The monoisotopic (exact) mass is 416 g/mol. The number of carbonyl (C=O) groups excluding carboxylic acids is 1. The summed E-state index contributed by atoms with van der Waals surface area (Å²) in [6.07, 6.45) is 1.20. The minimum absolute atomic E-state index is 0.193. The van der Waals surface area contributed by atoms with Crippen molar-refractivity contribution >= 4 is 17.7 Å². The fraction of sp³-hybridized carbons (Fsp3) is 0.591. The normalized spacial score (nSPS) is 19.6. The summed E-state index contributed by atoms with van der Waals surface area (Å²) >= 11 is 1.49. The summed E-state index contributed by atoms with van der Waals surface area (Å²) in [4.78, 5) is 14.8. The summed E-state index contributed by atoms with van der Waals surface area (Å²) in [7, 11) is 1.66. The molecule has 0 radical (unpaired) electrons. The molecule has 2 aromatic rings. The first-order valence-electron chi connectivity index (χ1n) is 10.4. The molecule has 0 unspecified atom stereocenters. The highest BCUT2D eigenvalue weighted by Gasteiger charge is 2.26. The van der Waals surface area contributed by atoms with Gasteiger partial charge in [-0.05, 0) is 48.4 Å². The first-order chi connectivity index (χ1) is 13.9. The lowest BCUT2D eigenvalue weighted by Gasteiger charge is -2.35. The summed E-state index contributed by atoms with van der Waals surface area (Å²) in [5, 5.41) is 9.65. The molecule has 1 saturated heterocycles. The molecule has 0 saturated carbocycles. The van der Waals surface area contributed by atoms with E-state index in [0.717, 1.165) is 41.9 Å². The Kier molecular flexibility index (Phi) is 7.22. The van der Waals surface area contributed by atoms with Crippen molar-refractivity contribution in [2.45, 2.75) is 45.8 Å². The van der Waals surface area contributed by atoms with Crippen LogP contribution in [0.4, 0.5) is 0 Å². The van der Waals surface area contributed by atoms with Gasteiger partial charge in [0.1, 0.15) is 5.75 Å². The van der Waals surface area contributed by atoms with E-state index in [4.69, 9.17) is 4.74 Å². The number of benzene rings is 1. The molecule has 1 aliphatic rings. The molecule has 0 aliphatic carbocycles. The number of methoxy groups -OCH3 is 1. The van der Waals surface area contributed by atoms with Crippen LogP contribution >= 0.6 is 11.8 Å². The number of hydrogen-bond acceptors (Lipinski definition) is 5. The van der Waals surface area contributed by atoms with Crippen molar-refractivity contribution in [1.82, 2.24) is 19.7 Å². The van der Waals surface area contributed by atoms with Gasteiger partial charge in [0.05, 0.1) is 12.9 Å². The molecule has 0 spiro atoms. The Balaban J connectivity index is 1.74. The van der Waals surface area contributed by atoms with Crippen LogP contribution < -0.4 is 4.74 Å². The number of amides is 1. The highest BCUT2D eigenvalue weighted by Crippen LogP contribution is 2.28. The zero-order chi connectivity index (χ0) is 21.0. The average Bonchev–Trinajstić information content (AvgIpc) is 3.07. The summed E-state index contributed by atoms with van der Waals surface area (Å²) < 4.78 is 7.38. The Morgan fingerprint density at radius 2 is 1.83 bits per heavy atom. The molecule has 0 bridgehead atoms. The Hall–Kier alpha value is -2.02. The number of carbonyl (C=O) groups is 1.